The number of aliphatic hydroxyl groups is 6. The number of rotatable bonds is 23. The highest BCUT2D eigenvalue weighted by molar-refractivity contribution is 5.75. The van der Waals surface area contributed by atoms with Gasteiger partial charge in [0.1, 0.15) is 0 Å². The summed E-state index contributed by atoms with van der Waals surface area (Å²) in [4.78, 5) is 2.10. The number of aliphatic hydroxyl groups excluding tert-OH is 4. The average molecular weight is 1060 g/mol. The van der Waals surface area contributed by atoms with E-state index in [2.05, 4.69) is 69.0 Å². The fourth-order valence-corrected chi connectivity index (χ4v) is 10.1. The van der Waals surface area contributed by atoms with E-state index in [0.717, 1.165) is 78.1 Å². The van der Waals surface area contributed by atoms with Crippen LogP contribution in [0.5, 0.6) is 0 Å². The molecule has 0 aromatic heterocycles. The Balaban J connectivity index is 0.000000284. The molecule has 0 bridgehead atoms. The lowest BCUT2D eigenvalue weighted by Gasteiger charge is -2.33. The second-order valence-electron chi connectivity index (χ2n) is 19.8. The summed E-state index contributed by atoms with van der Waals surface area (Å²) in [5.74, 6) is 0. The molecule has 0 aliphatic carbocycles. The first-order valence-corrected chi connectivity index (χ1v) is 26.6. The summed E-state index contributed by atoms with van der Waals surface area (Å²) in [6, 6.07) is 33.2. The maximum Gasteiger partial charge on any atom is 0.430 e. The van der Waals surface area contributed by atoms with Gasteiger partial charge in [0, 0.05) is 24.3 Å². The molecule has 0 saturated heterocycles. The third-order valence-electron chi connectivity index (χ3n) is 14.7. The molecule has 76 heavy (non-hydrogen) atoms. The summed E-state index contributed by atoms with van der Waals surface area (Å²) < 4.78 is 81.4. The topological polar surface area (TPSA) is 125 Å². The van der Waals surface area contributed by atoms with Gasteiger partial charge in [-0.3, -0.25) is 0 Å². The van der Waals surface area contributed by atoms with E-state index in [1.165, 1.54) is 39.4 Å². The lowest BCUT2D eigenvalue weighted by molar-refractivity contribution is -0.376. The van der Waals surface area contributed by atoms with Crippen molar-refractivity contribution in [1.82, 2.24) is 0 Å². The summed E-state index contributed by atoms with van der Waals surface area (Å²) in [7, 11) is 0. The Morgan fingerprint density at radius 3 is 1.38 bits per heavy atom. The Labute approximate surface area is 445 Å². The van der Waals surface area contributed by atoms with Crippen molar-refractivity contribution in [2.24, 2.45) is 0 Å². The number of hydrogen-bond acceptors (Lipinski definition) is 7. The number of aryl methyl sites for hydroxylation is 6. The van der Waals surface area contributed by atoms with Crippen LogP contribution in [0.15, 0.2) is 109 Å². The smallest absolute Gasteiger partial charge is 0.392 e. The third-order valence-corrected chi connectivity index (χ3v) is 14.7. The van der Waals surface area contributed by atoms with Crippen LogP contribution in [0.25, 0.3) is 22.3 Å². The highest BCUT2D eigenvalue weighted by atomic mass is 19.4. The zero-order valence-electron chi connectivity index (χ0n) is 45.1. The summed E-state index contributed by atoms with van der Waals surface area (Å²) in [5, 5.41) is 59.4. The van der Waals surface area contributed by atoms with Crippen LogP contribution in [0.2, 0.25) is 0 Å². The molecule has 7 nitrogen and oxygen atoms in total. The van der Waals surface area contributed by atoms with Gasteiger partial charge in [0.2, 0.25) is 0 Å². The van der Waals surface area contributed by atoms with Crippen molar-refractivity contribution in [3.63, 3.8) is 0 Å². The molecule has 0 aliphatic rings. The molecule has 412 valence electrons. The molecular weight excluding hydrogens is 981 g/mol. The lowest BCUT2D eigenvalue weighted by Crippen LogP contribution is -2.53. The van der Waals surface area contributed by atoms with Gasteiger partial charge in [0.15, 0.2) is 0 Å². The van der Waals surface area contributed by atoms with Gasteiger partial charge in [-0.1, -0.05) is 151 Å². The van der Waals surface area contributed by atoms with Gasteiger partial charge in [0.25, 0.3) is 5.60 Å². The van der Waals surface area contributed by atoms with Gasteiger partial charge in [-0.15, -0.1) is 0 Å². The van der Waals surface area contributed by atoms with E-state index < -0.39 is 29.1 Å². The van der Waals surface area contributed by atoms with Crippen LogP contribution in [-0.4, -0.2) is 49.5 Å². The molecule has 13 heteroatoms. The number of benzene rings is 6. The predicted octanol–water partition coefficient (Wildman–Crippen LogP) is 14.0. The number of nitrogens with zero attached hydrogens (tertiary/aromatic N) is 1. The average Bonchev–Trinajstić information content (AvgIpc) is 3.41. The van der Waals surface area contributed by atoms with E-state index in [1.807, 2.05) is 62.4 Å². The Morgan fingerprint density at radius 1 is 0.421 bits per heavy atom. The second kappa shape index (κ2) is 27.2. The highest BCUT2D eigenvalue weighted by Gasteiger charge is 2.71. The van der Waals surface area contributed by atoms with E-state index in [9.17, 15) is 57.0 Å². The van der Waals surface area contributed by atoms with Crippen LogP contribution in [0, 0.1) is 6.92 Å². The number of hydrogen-bond donors (Lipinski definition) is 6. The van der Waals surface area contributed by atoms with Gasteiger partial charge < -0.3 is 35.5 Å². The Hall–Kier alpha value is -5.54. The molecule has 6 aromatic rings. The Morgan fingerprint density at radius 2 is 0.895 bits per heavy atom. The first kappa shape index (κ1) is 61.3. The van der Waals surface area contributed by atoms with Gasteiger partial charge in [0.05, 0.1) is 32.0 Å². The molecule has 0 unspecified atom stereocenters. The molecule has 0 radical (unpaired) electrons. The highest BCUT2D eigenvalue weighted by Crippen LogP contribution is 2.51. The lowest BCUT2D eigenvalue weighted by atomic mass is 9.83. The first-order chi connectivity index (χ1) is 36.1. The van der Waals surface area contributed by atoms with E-state index in [0.29, 0.717) is 60.7 Å². The fourth-order valence-electron chi connectivity index (χ4n) is 10.1. The van der Waals surface area contributed by atoms with E-state index >= 15 is 0 Å². The maximum absolute atomic E-state index is 13.6. The Kier molecular flexibility index (Phi) is 21.9. The van der Waals surface area contributed by atoms with Crippen LogP contribution in [0.3, 0.4) is 0 Å². The third kappa shape index (κ3) is 14.1. The van der Waals surface area contributed by atoms with Gasteiger partial charge in [-0.2, -0.15) is 26.3 Å². The monoisotopic (exact) mass is 1060 g/mol. The van der Waals surface area contributed by atoms with Gasteiger partial charge in [-0.25, -0.2) is 0 Å². The minimum atomic E-state index is -5.96. The van der Waals surface area contributed by atoms with Crippen LogP contribution in [0.1, 0.15) is 146 Å². The van der Waals surface area contributed by atoms with Crippen molar-refractivity contribution in [3.8, 4) is 22.3 Å². The minimum absolute atomic E-state index is 0.0508. The van der Waals surface area contributed by atoms with Crippen molar-refractivity contribution < 1.29 is 57.0 Å². The molecule has 0 amide bonds. The molecule has 0 spiro atoms. The first-order valence-electron chi connectivity index (χ1n) is 26.6. The maximum atomic E-state index is 13.6. The van der Waals surface area contributed by atoms with Gasteiger partial charge >= 0.3 is 12.4 Å². The second-order valence-corrected chi connectivity index (χ2v) is 19.8. The molecule has 0 saturated carbocycles. The molecule has 0 heterocycles. The van der Waals surface area contributed by atoms with Crippen molar-refractivity contribution in [2.75, 3.05) is 11.4 Å². The molecule has 0 fully saturated rings. The number of alkyl halides is 6. The predicted molar refractivity (Wildman–Crippen MR) is 292 cm³/mol. The molecular formula is C63H77F6NO6. The molecule has 0 aliphatic heterocycles. The normalized spacial score (nSPS) is 12.2. The number of anilines is 1. The summed E-state index contributed by atoms with van der Waals surface area (Å²) in [5.41, 5.74) is 8.43. The van der Waals surface area contributed by atoms with Crippen LogP contribution in [0.4, 0.5) is 32.0 Å². The SMILES string of the molecule is CCCc1cc(C(O)(C(F)(F)F)C(F)(F)F)ccc1-c1cc(N(CCC)Cc2ccc(CO)c(CO)c2)ccc1C.CCCc1cc(C(O)(CC)CC)ccc1-c1cc(CCc2ccc(CO)c(CO)c2)ccc1CC. The van der Waals surface area contributed by atoms with Crippen LogP contribution in [-0.2, 0) is 76.3 Å². The van der Waals surface area contributed by atoms with E-state index in [1.54, 1.807) is 13.0 Å². The van der Waals surface area contributed by atoms with Crippen LogP contribution < -0.4 is 4.90 Å². The Bertz CT molecular complexity index is 2820. The quantitative estimate of drug-likeness (QED) is 0.0353. The molecule has 6 rings (SSSR count). The van der Waals surface area contributed by atoms with Crippen molar-refractivity contribution in [2.45, 2.75) is 169 Å². The summed E-state index contributed by atoms with van der Waals surface area (Å²) in [6.45, 7) is 14.7. The fraction of sp³-hybridized carbons (Fsp3) is 0.429. The summed E-state index contributed by atoms with van der Waals surface area (Å²) in [6.07, 6.45) is -4.22. The molecule has 0 atom stereocenters. The molecule has 6 aromatic carbocycles. The zero-order chi connectivity index (χ0) is 56.0. The van der Waals surface area contributed by atoms with Crippen molar-refractivity contribution in [1.29, 1.82) is 0 Å². The molecule has 6 N–H and O–H groups in total. The zero-order valence-corrected chi connectivity index (χ0v) is 45.1. The largest absolute Gasteiger partial charge is 0.430 e. The summed E-state index contributed by atoms with van der Waals surface area (Å²) >= 11 is 0. The number of halogens is 6. The standard InChI is InChI=1S/C32H42O3.C31H35F6NO3/c1-5-9-26-20-29(32(35,7-3)8-4)16-17-30(26)31-19-24(12-14-25(31)6-2)11-10-23-13-15-27(21-33)28(18-23)22-34;1-4-6-22-15-25(29(41,30(32,33)34)31(35,36)37)10-12-27(22)28-16-26(11-7-20(28)3)38(13-5-2)17-21-8-9-23(18-39)24(14-21)19-40/h12-20,33-35H,5-11,21-22H2,1-4H3;7-12,14-16,39-41H,4-6,13,17-19H2,1-3H3. The minimum Gasteiger partial charge on any atom is -0.392 e. The van der Waals surface area contributed by atoms with Crippen molar-refractivity contribution >= 4 is 5.69 Å². The van der Waals surface area contributed by atoms with E-state index in [-0.39, 0.29) is 38.4 Å². The van der Waals surface area contributed by atoms with Crippen molar-refractivity contribution in [3.05, 3.63) is 182 Å². The van der Waals surface area contributed by atoms with E-state index in [4.69, 9.17) is 0 Å². The van der Waals surface area contributed by atoms with Gasteiger partial charge in [-0.05, 0) is 159 Å². The van der Waals surface area contributed by atoms with Crippen LogP contribution >= 0.6 is 0 Å².